The molecule has 1 rings (SSSR count). The van der Waals surface area contributed by atoms with Gasteiger partial charge in [0.1, 0.15) is 11.6 Å². The second-order valence-electron chi connectivity index (χ2n) is 2.29. The van der Waals surface area contributed by atoms with Crippen LogP contribution >= 0.6 is 0 Å². The van der Waals surface area contributed by atoms with Crippen LogP contribution in [0.1, 0.15) is 47.5 Å². The minimum Gasteiger partial charge on any atom is -0.299 e. The monoisotopic (exact) mass is 172 g/mol. The molecule has 72 valence electrons. The van der Waals surface area contributed by atoms with Crippen molar-refractivity contribution in [3.8, 4) is 0 Å². The maximum absolute atomic E-state index is 10.6. The number of carbonyl (C=O) groups is 2. The van der Waals surface area contributed by atoms with E-state index in [9.17, 15) is 9.59 Å². The topological polar surface area (TPSA) is 34.1 Å². The molecule has 0 aromatic heterocycles. The Kier molecular flexibility index (Phi) is 9.77. The molecule has 0 aromatic carbocycles. The van der Waals surface area contributed by atoms with E-state index in [2.05, 4.69) is 0 Å². The Morgan fingerprint density at radius 3 is 1.58 bits per heavy atom. The highest BCUT2D eigenvalue weighted by atomic mass is 16.2. The molecule has 0 aliphatic heterocycles. The number of rotatable bonds is 0. The fraction of sp³-hybridized carbons (Fsp3) is 0.800. The van der Waals surface area contributed by atoms with Crippen LogP contribution < -0.4 is 0 Å². The first-order valence-corrected chi connectivity index (χ1v) is 4.74. The van der Waals surface area contributed by atoms with Crippen molar-refractivity contribution in [2.75, 3.05) is 0 Å². The Balaban J connectivity index is 0. The van der Waals surface area contributed by atoms with E-state index >= 15 is 0 Å². The fourth-order valence-corrected chi connectivity index (χ4v) is 0.896. The minimum atomic E-state index is 0.00231. The third-order valence-electron chi connectivity index (χ3n) is 1.45. The van der Waals surface area contributed by atoms with E-state index in [1.807, 2.05) is 27.7 Å². The Bertz CT molecular complexity index is 139. The third-order valence-corrected chi connectivity index (χ3v) is 1.45. The Morgan fingerprint density at radius 2 is 1.50 bits per heavy atom. The smallest absolute Gasteiger partial charge is 0.143 e. The first-order chi connectivity index (χ1) is 5.70. The van der Waals surface area contributed by atoms with Gasteiger partial charge in [0.05, 0.1) is 6.42 Å². The molecule has 1 fully saturated rings. The van der Waals surface area contributed by atoms with Crippen LogP contribution in [-0.2, 0) is 9.59 Å². The SMILES string of the molecule is CC.CC.CC1CC(=O)CC1=O. The van der Waals surface area contributed by atoms with Gasteiger partial charge < -0.3 is 0 Å². The molecule has 0 heterocycles. The lowest BCUT2D eigenvalue weighted by Crippen LogP contribution is -1.98. The molecule has 1 atom stereocenters. The molecule has 1 unspecified atom stereocenters. The van der Waals surface area contributed by atoms with Crippen molar-refractivity contribution in [1.29, 1.82) is 0 Å². The van der Waals surface area contributed by atoms with Crippen molar-refractivity contribution in [2.45, 2.75) is 47.5 Å². The van der Waals surface area contributed by atoms with Gasteiger partial charge in [-0.05, 0) is 0 Å². The number of ketones is 2. The summed E-state index contributed by atoms with van der Waals surface area (Å²) in [6, 6.07) is 0. The van der Waals surface area contributed by atoms with E-state index in [4.69, 9.17) is 0 Å². The lowest BCUT2D eigenvalue weighted by molar-refractivity contribution is -0.122. The summed E-state index contributed by atoms with van der Waals surface area (Å²) in [5.74, 6) is 0.208. The summed E-state index contributed by atoms with van der Waals surface area (Å²) in [6.07, 6.45) is 0.653. The maximum atomic E-state index is 10.6. The average molecular weight is 172 g/mol. The van der Waals surface area contributed by atoms with Gasteiger partial charge in [-0.15, -0.1) is 0 Å². The Morgan fingerprint density at radius 1 is 1.08 bits per heavy atom. The molecule has 0 amide bonds. The van der Waals surface area contributed by atoms with Crippen LogP contribution in [-0.4, -0.2) is 11.6 Å². The molecular formula is C10H20O2. The summed E-state index contributed by atoms with van der Waals surface area (Å²) in [6.45, 7) is 9.80. The molecule has 0 radical (unpaired) electrons. The molecule has 0 saturated heterocycles. The van der Waals surface area contributed by atoms with Crippen LogP contribution in [0.4, 0.5) is 0 Å². The van der Waals surface area contributed by atoms with Crippen molar-refractivity contribution >= 4 is 11.6 Å². The van der Waals surface area contributed by atoms with Gasteiger partial charge in [0, 0.05) is 12.3 Å². The molecular weight excluding hydrogens is 152 g/mol. The molecule has 2 heteroatoms. The van der Waals surface area contributed by atoms with Crippen LogP contribution in [0.5, 0.6) is 0 Å². The molecule has 12 heavy (non-hydrogen) atoms. The summed E-state index contributed by atoms with van der Waals surface area (Å²) in [7, 11) is 0. The minimum absolute atomic E-state index is 0.00231. The Hall–Kier alpha value is -0.660. The van der Waals surface area contributed by atoms with Gasteiger partial charge in [-0.25, -0.2) is 0 Å². The van der Waals surface area contributed by atoms with Gasteiger partial charge in [0.15, 0.2) is 0 Å². The van der Waals surface area contributed by atoms with Gasteiger partial charge >= 0.3 is 0 Å². The van der Waals surface area contributed by atoms with E-state index in [0.717, 1.165) is 0 Å². The molecule has 0 spiro atoms. The van der Waals surface area contributed by atoms with Crippen LogP contribution in [0.3, 0.4) is 0 Å². The molecule has 0 N–H and O–H groups in total. The number of Topliss-reactive ketones (excluding diaryl/α,β-unsaturated/α-hetero) is 2. The highest BCUT2D eigenvalue weighted by Crippen LogP contribution is 2.16. The van der Waals surface area contributed by atoms with E-state index in [1.165, 1.54) is 0 Å². The zero-order chi connectivity index (χ0) is 10.1. The van der Waals surface area contributed by atoms with Crippen LogP contribution in [0, 0.1) is 5.92 Å². The zero-order valence-electron chi connectivity index (χ0n) is 8.81. The standard InChI is InChI=1S/C6H8O2.2C2H6/c1-4-2-5(7)3-6(4)8;2*1-2/h4H,2-3H2,1H3;2*1-2H3. The van der Waals surface area contributed by atoms with Crippen LogP contribution in [0.2, 0.25) is 0 Å². The Labute approximate surface area is 75.4 Å². The number of hydrogen-bond acceptors (Lipinski definition) is 2. The lowest BCUT2D eigenvalue weighted by atomic mass is 10.1. The molecule has 1 aliphatic rings. The normalized spacial score (nSPS) is 20.6. The third kappa shape index (κ3) is 5.05. The second-order valence-corrected chi connectivity index (χ2v) is 2.29. The summed E-state index contributed by atoms with van der Waals surface area (Å²) in [5, 5.41) is 0. The van der Waals surface area contributed by atoms with Gasteiger partial charge in [-0.2, -0.15) is 0 Å². The van der Waals surface area contributed by atoms with Gasteiger partial charge in [-0.1, -0.05) is 34.6 Å². The number of hydrogen-bond donors (Lipinski definition) is 0. The van der Waals surface area contributed by atoms with Crippen molar-refractivity contribution in [1.82, 2.24) is 0 Å². The second kappa shape index (κ2) is 8.44. The van der Waals surface area contributed by atoms with Crippen molar-refractivity contribution in [2.24, 2.45) is 5.92 Å². The predicted molar refractivity (Wildman–Crippen MR) is 51.1 cm³/mol. The quantitative estimate of drug-likeness (QED) is 0.526. The van der Waals surface area contributed by atoms with Crippen molar-refractivity contribution in [3.63, 3.8) is 0 Å². The maximum Gasteiger partial charge on any atom is 0.143 e. The van der Waals surface area contributed by atoms with E-state index in [-0.39, 0.29) is 23.9 Å². The van der Waals surface area contributed by atoms with Gasteiger partial charge in [-0.3, -0.25) is 9.59 Å². The van der Waals surface area contributed by atoms with Crippen LogP contribution in [0.25, 0.3) is 0 Å². The average Bonchev–Trinajstić information content (AvgIpc) is 2.37. The lowest BCUT2D eigenvalue weighted by Gasteiger charge is -1.89. The van der Waals surface area contributed by atoms with Crippen molar-refractivity contribution < 1.29 is 9.59 Å². The van der Waals surface area contributed by atoms with Crippen LogP contribution in [0.15, 0.2) is 0 Å². The van der Waals surface area contributed by atoms with E-state index in [1.54, 1.807) is 6.92 Å². The summed E-state index contributed by atoms with van der Waals surface area (Å²) < 4.78 is 0. The molecule has 0 aromatic rings. The number of carbonyl (C=O) groups excluding carboxylic acids is 2. The summed E-state index contributed by atoms with van der Waals surface area (Å²) in [4.78, 5) is 21.0. The molecule has 0 bridgehead atoms. The summed E-state index contributed by atoms with van der Waals surface area (Å²) in [5.41, 5.74) is 0. The van der Waals surface area contributed by atoms with Crippen molar-refractivity contribution in [3.05, 3.63) is 0 Å². The first-order valence-electron chi connectivity index (χ1n) is 4.74. The highest BCUT2D eigenvalue weighted by Gasteiger charge is 2.26. The fourth-order valence-electron chi connectivity index (χ4n) is 0.896. The summed E-state index contributed by atoms with van der Waals surface area (Å²) >= 11 is 0. The van der Waals surface area contributed by atoms with Gasteiger partial charge in [0.25, 0.3) is 0 Å². The molecule has 1 aliphatic carbocycles. The van der Waals surface area contributed by atoms with Gasteiger partial charge in [0.2, 0.25) is 0 Å². The molecule has 1 saturated carbocycles. The van der Waals surface area contributed by atoms with E-state index < -0.39 is 0 Å². The highest BCUT2D eigenvalue weighted by molar-refractivity contribution is 6.06. The first kappa shape index (κ1) is 13.9. The van der Waals surface area contributed by atoms with E-state index in [0.29, 0.717) is 6.42 Å². The predicted octanol–water partition coefficient (Wildman–Crippen LogP) is 2.61. The largest absolute Gasteiger partial charge is 0.299 e. The molecule has 2 nitrogen and oxygen atoms in total. The zero-order valence-corrected chi connectivity index (χ0v) is 8.81.